The molecule has 0 spiro atoms. The first-order chi connectivity index (χ1) is 15.6. The molecule has 1 fully saturated rings. The van der Waals surface area contributed by atoms with Crippen molar-refractivity contribution in [1.82, 2.24) is 25.1 Å². The normalized spacial score (nSPS) is 15.6. The third-order valence-corrected chi connectivity index (χ3v) is 5.58. The van der Waals surface area contributed by atoms with E-state index < -0.39 is 0 Å². The monoisotopic (exact) mass is 441 g/mol. The maximum absolute atomic E-state index is 5.50. The van der Waals surface area contributed by atoms with E-state index >= 15 is 0 Å². The van der Waals surface area contributed by atoms with Gasteiger partial charge in [0, 0.05) is 45.1 Å². The molecular formula is C23H35N7O2. The molecule has 1 aromatic heterocycles. The number of aromatic nitrogens is 2. The molecule has 1 aliphatic heterocycles. The molecule has 32 heavy (non-hydrogen) atoms. The van der Waals surface area contributed by atoms with Crippen molar-refractivity contribution in [2.45, 2.75) is 13.0 Å². The Kier molecular flexibility index (Phi) is 8.49. The number of benzene rings is 1. The van der Waals surface area contributed by atoms with Crippen LogP contribution in [0.15, 0.2) is 41.7 Å². The van der Waals surface area contributed by atoms with Gasteiger partial charge in [-0.3, -0.25) is 4.99 Å². The van der Waals surface area contributed by atoms with Crippen LogP contribution >= 0.6 is 0 Å². The van der Waals surface area contributed by atoms with Gasteiger partial charge in [-0.15, -0.1) is 0 Å². The van der Waals surface area contributed by atoms with Crippen LogP contribution < -0.4 is 19.7 Å². The summed E-state index contributed by atoms with van der Waals surface area (Å²) in [5.74, 6) is 3.18. The Balaban J connectivity index is 1.71. The number of methoxy groups -OCH3 is 2. The lowest BCUT2D eigenvalue weighted by molar-refractivity contribution is 0.301. The second-order valence-corrected chi connectivity index (χ2v) is 7.81. The Labute approximate surface area is 191 Å². The molecule has 0 saturated carbocycles. The fourth-order valence-electron chi connectivity index (χ4n) is 3.80. The third kappa shape index (κ3) is 5.79. The van der Waals surface area contributed by atoms with E-state index in [2.05, 4.69) is 57.1 Å². The summed E-state index contributed by atoms with van der Waals surface area (Å²) < 4.78 is 10.9. The minimum absolute atomic E-state index is 0.113. The molecule has 0 aliphatic carbocycles. The quantitative estimate of drug-likeness (QED) is 0.492. The van der Waals surface area contributed by atoms with Crippen LogP contribution in [0.1, 0.15) is 18.5 Å². The molecule has 1 N–H and O–H groups in total. The Hall–Kier alpha value is -3.07. The van der Waals surface area contributed by atoms with E-state index in [9.17, 15) is 0 Å². The number of hydrogen-bond acceptors (Lipinski definition) is 7. The highest BCUT2D eigenvalue weighted by atomic mass is 16.5. The summed E-state index contributed by atoms with van der Waals surface area (Å²) in [5, 5.41) is 3.46. The van der Waals surface area contributed by atoms with E-state index in [1.807, 2.05) is 18.2 Å². The highest BCUT2D eigenvalue weighted by Crippen LogP contribution is 2.31. The van der Waals surface area contributed by atoms with Crippen LogP contribution in [0, 0.1) is 0 Å². The molecule has 1 aromatic carbocycles. The molecule has 174 valence electrons. The molecular weight excluding hydrogens is 406 g/mol. The number of hydrogen-bond donors (Lipinski definition) is 1. The summed E-state index contributed by atoms with van der Waals surface area (Å²) in [4.78, 5) is 20.4. The average Bonchev–Trinajstić information content (AvgIpc) is 2.83. The van der Waals surface area contributed by atoms with Gasteiger partial charge in [-0.2, -0.15) is 0 Å². The smallest absolute Gasteiger partial charge is 0.225 e. The fraction of sp³-hybridized carbons (Fsp3) is 0.522. The first-order valence-electron chi connectivity index (χ1n) is 11.0. The lowest BCUT2D eigenvalue weighted by atomic mass is 10.1. The van der Waals surface area contributed by atoms with Crippen molar-refractivity contribution < 1.29 is 9.47 Å². The average molecular weight is 442 g/mol. The third-order valence-electron chi connectivity index (χ3n) is 5.58. The molecule has 1 aliphatic rings. The standard InChI is InChI=1S/C23H35N7O2/c1-6-24-22(29-12-14-30(15-13-29)23-25-10-7-11-26-23)27-17-19(28(2)3)18-8-9-20(31-4)21(16-18)32-5/h7-11,16,19H,6,12-15,17H2,1-5H3,(H,24,27). The van der Waals surface area contributed by atoms with Gasteiger partial charge in [0.15, 0.2) is 17.5 Å². The van der Waals surface area contributed by atoms with Gasteiger partial charge < -0.3 is 29.5 Å². The zero-order valence-corrected chi connectivity index (χ0v) is 19.8. The van der Waals surface area contributed by atoms with Crippen LogP contribution in [-0.2, 0) is 0 Å². The lowest BCUT2D eigenvalue weighted by Crippen LogP contribution is -2.53. The van der Waals surface area contributed by atoms with Gasteiger partial charge in [-0.25, -0.2) is 9.97 Å². The Morgan fingerprint density at radius 2 is 1.78 bits per heavy atom. The Morgan fingerprint density at radius 1 is 1.09 bits per heavy atom. The second-order valence-electron chi connectivity index (χ2n) is 7.81. The second kappa shape index (κ2) is 11.5. The Morgan fingerprint density at radius 3 is 2.38 bits per heavy atom. The number of guanidine groups is 1. The van der Waals surface area contributed by atoms with Crippen molar-refractivity contribution in [3.05, 3.63) is 42.2 Å². The van der Waals surface area contributed by atoms with Crippen LogP contribution in [0.2, 0.25) is 0 Å². The molecule has 0 bridgehead atoms. The van der Waals surface area contributed by atoms with E-state index in [1.54, 1.807) is 26.6 Å². The van der Waals surface area contributed by atoms with Crippen LogP contribution in [-0.4, -0.2) is 93.3 Å². The van der Waals surface area contributed by atoms with Crippen molar-refractivity contribution in [3.63, 3.8) is 0 Å². The van der Waals surface area contributed by atoms with Crippen molar-refractivity contribution in [2.75, 3.05) is 72.5 Å². The highest BCUT2D eigenvalue weighted by Gasteiger charge is 2.22. The van der Waals surface area contributed by atoms with E-state index in [4.69, 9.17) is 14.5 Å². The minimum atomic E-state index is 0.113. The van der Waals surface area contributed by atoms with E-state index in [0.717, 1.165) is 61.7 Å². The van der Waals surface area contributed by atoms with Crippen LogP contribution in [0.25, 0.3) is 0 Å². The Bertz CT molecular complexity index is 868. The molecule has 2 heterocycles. The van der Waals surface area contributed by atoms with Gasteiger partial charge in [-0.1, -0.05) is 6.07 Å². The molecule has 0 radical (unpaired) electrons. The van der Waals surface area contributed by atoms with Gasteiger partial charge in [-0.05, 0) is 44.8 Å². The lowest BCUT2D eigenvalue weighted by Gasteiger charge is -2.36. The topological polar surface area (TPSA) is 78.4 Å². The zero-order chi connectivity index (χ0) is 22.9. The van der Waals surface area contributed by atoms with Gasteiger partial charge in [0.25, 0.3) is 0 Å². The summed E-state index contributed by atoms with van der Waals surface area (Å²) in [6.07, 6.45) is 3.57. The largest absolute Gasteiger partial charge is 0.493 e. The number of likely N-dealkylation sites (N-methyl/N-ethyl adjacent to an activating group) is 1. The molecule has 3 rings (SSSR count). The van der Waals surface area contributed by atoms with Gasteiger partial charge in [0.1, 0.15) is 0 Å². The molecule has 1 atom stereocenters. The van der Waals surface area contributed by atoms with E-state index in [-0.39, 0.29) is 6.04 Å². The number of piperazine rings is 1. The van der Waals surface area contributed by atoms with E-state index in [0.29, 0.717) is 6.54 Å². The molecule has 0 amide bonds. The summed E-state index contributed by atoms with van der Waals surface area (Å²) in [6.45, 7) is 7.01. The number of ether oxygens (including phenoxy) is 2. The molecule has 1 saturated heterocycles. The summed E-state index contributed by atoms with van der Waals surface area (Å²) in [5.41, 5.74) is 1.14. The van der Waals surface area contributed by atoms with Crippen LogP contribution in [0.3, 0.4) is 0 Å². The fourth-order valence-corrected chi connectivity index (χ4v) is 3.80. The molecule has 9 nitrogen and oxygen atoms in total. The molecule has 2 aromatic rings. The van der Waals surface area contributed by atoms with Crippen molar-refractivity contribution in [1.29, 1.82) is 0 Å². The van der Waals surface area contributed by atoms with Crippen LogP contribution in [0.4, 0.5) is 5.95 Å². The predicted octanol–water partition coefficient (Wildman–Crippen LogP) is 1.88. The predicted molar refractivity (Wildman–Crippen MR) is 128 cm³/mol. The summed E-state index contributed by atoms with van der Waals surface area (Å²) >= 11 is 0. The highest BCUT2D eigenvalue weighted by molar-refractivity contribution is 5.80. The van der Waals surface area contributed by atoms with Gasteiger partial charge in [0.2, 0.25) is 5.95 Å². The molecule has 9 heteroatoms. The number of anilines is 1. The number of nitrogens with zero attached hydrogens (tertiary/aromatic N) is 6. The zero-order valence-electron chi connectivity index (χ0n) is 19.8. The first kappa shape index (κ1) is 23.6. The summed E-state index contributed by atoms with van der Waals surface area (Å²) in [6, 6.07) is 8.01. The number of nitrogens with one attached hydrogen (secondary N) is 1. The molecule has 1 unspecified atom stereocenters. The first-order valence-corrected chi connectivity index (χ1v) is 11.0. The van der Waals surface area contributed by atoms with Gasteiger partial charge in [0.05, 0.1) is 26.8 Å². The SMILES string of the molecule is CCNC(=NCC(c1ccc(OC)c(OC)c1)N(C)C)N1CCN(c2ncccn2)CC1. The van der Waals surface area contributed by atoms with Crippen molar-refractivity contribution in [3.8, 4) is 11.5 Å². The summed E-state index contributed by atoms with van der Waals surface area (Å²) in [7, 11) is 7.45. The minimum Gasteiger partial charge on any atom is -0.493 e. The number of rotatable bonds is 8. The van der Waals surface area contributed by atoms with Crippen molar-refractivity contribution in [2.24, 2.45) is 4.99 Å². The van der Waals surface area contributed by atoms with Crippen molar-refractivity contribution >= 4 is 11.9 Å². The van der Waals surface area contributed by atoms with E-state index in [1.165, 1.54) is 0 Å². The maximum atomic E-state index is 5.50. The number of aliphatic imine (C=N–C) groups is 1. The van der Waals surface area contributed by atoms with Gasteiger partial charge >= 0.3 is 0 Å². The van der Waals surface area contributed by atoms with Crippen LogP contribution in [0.5, 0.6) is 11.5 Å². The maximum Gasteiger partial charge on any atom is 0.225 e.